The highest BCUT2D eigenvalue weighted by atomic mass is 35.5. The van der Waals surface area contributed by atoms with E-state index in [2.05, 4.69) is 16.8 Å². The van der Waals surface area contributed by atoms with Crippen molar-refractivity contribution in [3.63, 3.8) is 0 Å². The summed E-state index contributed by atoms with van der Waals surface area (Å²) in [5, 5.41) is 2.50. The molecule has 202 valence electrons. The molecule has 2 saturated heterocycles. The molecule has 3 atom stereocenters. The number of ether oxygens (including phenoxy) is 1. The van der Waals surface area contributed by atoms with Crippen LogP contribution in [0.15, 0.2) is 81.8 Å². The SMILES string of the molecule is CC(c1ccccc1)n1ccc2ccc(Sc3cnc(N4CCC5(CC4)CO[C@@H](C)[C@H]5N)cn3)c(Cl)c2c1=O. The van der Waals surface area contributed by atoms with Crippen LogP contribution in [0.5, 0.6) is 0 Å². The maximum Gasteiger partial charge on any atom is 0.260 e. The van der Waals surface area contributed by atoms with E-state index >= 15 is 0 Å². The molecule has 6 rings (SSSR count). The summed E-state index contributed by atoms with van der Waals surface area (Å²) in [5.41, 5.74) is 7.49. The number of pyridine rings is 1. The van der Waals surface area contributed by atoms with Gasteiger partial charge in [-0.25, -0.2) is 9.97 Å². The lowest BCUT2D eigenvalue weighted by Gasteiger charge is -2.41. The molecule has 2 N–H and O–H groups in total. The third-order valence-electron chi connectivity index (χ3n) is 8.46. The van der Waals surface area contributed by atoms with Gasteiger partial charge >= 0.3 is 0 Å². The number of nitrogens with two attached hydrogens (primary N) is 1. The van der Waals surface area contributed by atoms with Gasteiger partial charge in [0, 0.05) is 35.6 Å². The first-order valence-corrected chi connectivity index (χ1v) is 14.6. The highest BCUT2D eigenvalue weighted by molar-refractivity contribution is 7.99. The van der Waals surface area contributed by atoms with Crippen LogP contribution in [0, 0.1) is 5.41 Å². The van der Waals surface area contributed by atoms with Gasteiger partial charge in [0.15, 0.2) is 0 Å². The fourth-order valence-electron chi connectivity index (χ4n) is 5.85. The van der Waals surface area contributed by atoms with Gasteiger partial charge in [0.1, 0.15) is 10.8 Å². The van der Waals surface area contributed by atoms with Crippen molar-refractivity contribution in [1.82, 2.24) is 14.5 Å². The number of halogens is 1. The van der Waals surface area contributed by atoms with Crippen molar-refractivity contribution < 1.29 is 4.74 Å². The fraction of sp³-hybridized carbons (Fsp3) is 0.367. The summed E-state index contributed by atoms with van der Waals surface area (Å²) >= 11 is 8.26. The third-order valence-corrected chi connectivity index (χ3v) is 9.94. The summed E-state index contributed by atoms with van der Waals surface area (Å²) in [6.07, 6.45) is 7.53. The van der Waals surface area contributed by atoms with E-state index < -0.39 is 0 Å². The van der Waals surface area contributed by atoms with Crippen molar-refractivity contribution >= 4 is 40.0 Å². The molecule has 2 aromatic carbocycles. The summed E-state index contributed by atoms with van der Waals surface area (Å²) in [6, 6.07) is 15.8. The van der Waals surface area contributed by atoms with Crippen molar-refractivity contribution in [2.24, 2.45) is 11.1 Å². The number of hydrogen-bond acceptors (Lipinski definition) is 7. The Hall–Kier alpha value is -2.91. The monoisotopic (exact) mass is 561 g/mol. The minimum Gasteiger partial charge on any atom is -0.376 e. The third kappa shape index (κ3) is 4.84. The standard InChI is InChI=1S/C30H32ClN5O2S/c1-19(21-6-4-3-5-7-21)36-13-10-22-8-9-23(27(31)26(22)29(36)37)39-25-17-33-24(16-34-25)35-14-11-30(12-15-35)18-38-20(2)28(30)32/h3-10,13,16-17,19-20,28H,11-12,14-15,18,32H2,1-2H3/t19?,20-,28+/m0/s1. The van der Waals surface area contributed by atoms with Crippen molar-refractivity contribution in [2.75, 3.05) is 24.6 Å². The van der Waals surface area contributed by atoms with Crippen LogP contribution in [0.3, 0.4) is 0 Å². The van der Waals surface area contributed by atoms with E-state index in [0.29, 0.717) is 10.4 Å². The number of piperidine rings is 1. The summed E-state index contributed by atoms with van der Waals surface area (Å²) in [6.45, 7) is 6.60. The molecule has 0 amide bonds. The molecule has 0 saturated carbocycles. The van der Waals surface area contributed by atoms with Crippen LogP contribution in [-0.2, 0) is 4.74 Å². The first-order chi connectivity index (χ1) is 18.9. The smallest absolute Gasteiger partial charge is 0.260 e. The molecule has 2 aliphatic rings. The van der Waals surface area contributed by atoms with Crippen molar-refractivity contribution in [1.29, 1.82) is 0 Å². The van der Waals surface area contributed by atoms with Crippen LogP contribution in [0.2, 0.25) is 5.02 Å². The lowest BCUT2D eigenvalue weighted by atomic mass is 9.73. The van der Waals surface area contributed by atoms with Crippen LogP contribution in [0.4, 0.5) is 5.82 Å². The van der Waals surface area contributed by atoms with Gasteiger partial charge in [-0.05, 0) is 49.8 Å². The second-order valence-electron chi connectivity index (χ2n) is 10.7. The molecule has 1 spiro atoms. The largest absolute Gasteiger partial charge is 0.376 e. The lowest BCUT2D eigenvalue weighted by molar-refractivity contribution is 0.0974. The number of rotatable bonds is 5. The summed E-state index contributed by atoms with van der Waals surface area (Å²) in [4.78, 5) is 25.9. The average Bonchev–Trinajstić information content (AvgIpc) is 3.24. The normalized spacial score (nSPS) is 21.5. The fourth-order valence-corrected chi connectivity index (χ4v) is 6.99. The van der Waals surface area contributed by atoms with E-state index in [1.54, 1.807) is 10.8 Å². The quantitative estimate of drug-likeness (QED) is 0.342. The van der Waals surface area contributed by atoms with E-state index in [1.165, 1.54) is 11.8 Å². The Morgan fingerprint density at radius 1 is 1.10 bits per heavy atom. The van der Waals surface area contributed by atoms with Crippen molar-refractivity contribution in [3.05, 3.63) is 88.1 Å². The van der Waals surface area contributed by atoms with Gasteiger partial charge in [-0.3, -0.25) is 4.79 Å². The number of aromatic nitrogens is 3. The van der Waals surface area contributed by atoms with E-state index in [4.69, 9.17) is 27.1 Å². The topological polar surface area (TPSA) is 86.3 Å². The van der Waals surface area contributed by atoms with E-state index in [-0.39, 0.29) is 29.2 Å². The molecule has 0 radical (unpaired) electrons. The zero-order chi connectivity index (χ0) is 27.1. The molecule has 0 bridgehead atoms. The molecule has 39 heavy (non-hydrogen) atoms. The molecule has 2 fully saturated rings. The average molecular weight is 562 g/mol. The molecule has 2 aromatic heterocycles. The zero-order valence-corrected chi connectivity index (χ0v) is 23.7. The summed E-state index contributed by atoms with van der Waals surface area (Å²) < 4.78 is 7.58. The first kappa shape index (κ1) is 26.3. The number of anilines is 1. The van der Waals surface area contributed by atoms with Gasteiger partial charge in [-0.1, -0.05) is 59.8 Å². The predicted octanol–water partition coefficient (Wildman–Crippen LogP) is 5.54. The van der Waals surface area contributed by atoms with Gasteiger partial charge in [0.05, 0.1) is 41.6 Å². The van der Waals surface area contributed by atoms with E-state index in [1.807, 2.05) is 67.8 Å². The lowest BCUT2D eigenvalue weighted by Crippen LogP contribution is -2.50. The van der Waals surface area contributed by atoms with E-state index in [9.17, 15) is 4.79 Å². The summed E-state index contributed by atoms with van der Waals surface area (Å²) in [7, 11) is 0. The number of fused-ring (bicyclic) bond motifs is 1. The maximum atomic E-state index is 13.5. The molecule has 0 aliphatic carbocycles. The molecular weight excluding hydrogens is 530 g/mol. The highest BCUT2D eigenvalue weighted by Gasteiger charge is 2.47. The van der Waals surface area contributed by atoms with Crippen molar-refractivity contribution in [3.8, 4) is 0 Å². The van der Waals surface area contributed by atoms with Crippen molar-refractivity contribution in [2.45, 2.75) is 54.8 Å². The van der Waals surface area contributed by atoms with Crippen LogP contribution in [0.25, 0.3) is 10.8 Å². The van der Waals surface area contributed by atoms with Gasteiger partial charge < -0.3 is 19.9 Å². The Bertz CT molecular complexity index is 1540. The Morgan fingerprint density at radius 3 is 2.54 bits per heavy atom. The van der Waals surface area contributed by atoms with Crippen LogP contribution in [-0.4, -0.2) is 46.4 Å². The Balaban J connectivity index is 1.20. The van der Waals surface area contributed by atoms with Gasteiger partial charge in [-0.15, -0.1) is 0 Å². The number of nitrogens with zero attached hydrogens (tertiary/aromatic N) is 4. The summed E-state index contributed by atoms with van der Waals surface area (Å²) in [5.74, 6) is 0.858. The second-order valence-corrected chi connectivity index (χ2v) is 12.1. The van der Waals surface area contributed by atoms with Crippen LogP contribution >= 0.6 is 23.4 Å². The number of hydrogen-bond donors (Lipinski definition) is 1. The van der Waals surface area contributed by atoms with E-state index in [0.717, 1.165) is 59.2 Å². The van der Waals surface area contributed by atoms with Gasteiger partial charge in [-0.2, -0.15) is 0 Å². The molecule has 7 nitrogen and oxygen atoms in total. The zero-order valence-electron chi connectivity index (χ0n) is 22.1. The molecule has 1 unspecified atom stereocenters. The second kappa shape index (κ2) is 10.6. The Morgan fingerprint density at radius 2 is 1.87 bits per heavy atom. The minimum atomic E-state index is -0.112. The van der Waals surface area contributed by atoms with Gasteiger partial charge in [0.2, 0.25) is 0 Å². The van der Waals surface area contributed by atoms with Crippen LogP contribution < -0.4 is 16.2 Å². The molecular formula is C30H32ClN5O2S. The molecule has 4 aromatic rings. The maximum absolute atomic E-state index is 13.5. The van der Waals surface area contributed by atoms with Crippen LogP contribution in [0.1, 0.15) is 38.3 Å². The molecule has 9 heteroatoms. The Kier molecular flexibility index (Phi) is 7.14. The predicted molar refractivity (Wildman–Crippen MR) is 157 cm³/mol. The highest BCUT2D eigenvalue weighted by Crippen LogP contribution is 2.42. The van der Waals surface area contributed by atoms with Gasteiger partial charge in [0.25, 0.3) is 5.56 Å². The molecule has 2 aliphatic heterocycles. The minimum absolute atomic E-state index is 0.0728. The first-order valence-electron chi connectivity index (χ1n) is 13.4. The number of benzene rings is 2. The Labute approximate surface area is 237 Å². The molecule has 4 heterocycles.